The van der Waals surface area contributed by atoms with Crippen molar-refractivity contribution < 1.29 is 21.6 Å². The van der Waals surface area contributed by atoms with Crippen LogP contribution in [0.4, 0.5) is 13.2 Å². The van der Waals surface area contributed by atoms with Gasteiger partial charge in [0, 0.05) is 19.1 Å². The molecule has 2 rings (SSSR count). The first-order valence-corrected chi connectivity index (χ1v) is 7.97. The first kappa shape index (κ1) is 14.8. The second kappa shape index (κ2) is 5.39. The van der Waals surface area contributed by atoms with E-state index in [2.05, 4.69) is 4.72 Å². The van der Waals surface area contributed by atoms with Crippen LogP contribution >= 0.6 is 11.3 Å². The second-order valence-corrected chi connectivity index (χ2v) is 7.28. The molecule has 0 spiro atoms. The highest BCUT2D eigenvalue weighted by Gasteiger charge is 2.35. The van der Waals surface area contributed by atoms with Gasteiger partial charge in [0.1, 0.15) is 4.21 Å². The van der Waals surface area contributed by atoms with Crippen molar-refractivity contribution in [2.75, 3.05) is 19.6 Å². The number of nitrogens with zero attached hydrogens (tertiary/aromatic N) is 1. The van der Waals surface area contributed by atoms with Crippen LogP contribution in [0.25, 0.3) is 0 Å². The highest BCUT2D eigenvalue weighted by molar-refractivity contribution is 7.91. The van der Waals surface area contributed by atoms with Crippen LogP contribution in [0.3, 0.4) is 0 Å². The predicted molar refractivity (Wildman–Crippen MR) is 65.5 cm³/mol. The van der Waals surface area contributed by atoms with Gasteiger partial charge >= 0.3 is 6.18 Å². The first-order chi connectivity index (χ1) is 8.76. The summed E-state index contributed by atoms with van der Waals surface area (Å²) < 4.78 is 63.1. The van der Waals surface area contributed by atoms with Gasteiger partial charge in [0.2, 0.25) is 10.0 Å². The third kappa shape index (κ3) is 4.16. The van der Waals surface area contributed by atoms with E-state index in [1.807, 2.05) is 0 Å². The molecule has 9 heteroatoms. The molecule has 2 heterocycles. The van der Waals surface area contributed by atoms with Gasteiger partial charge in [-0.15, -0.1) is 11.3 Å². The van der Waals surface area contributed by atoms with Crippen molar-refractivity contribution in [2.24, 2.45) is 0 Å². The molecule has 1 aliphatic rings. The quantitative estimate of drug-likeness (QED) is 0.919. The van der Waals surface area contributed by atoms with E-state index in [1.54, 1.807) is 11.4 Å². The Labute approximate surface area is 113 Å². The van der Waals surface area contributed by atoms with E-state index in [1.165, 1.54) is 11.0 Å². The Bertz CT molecular complexity index is 513. The molecule has 1 N–H and O–H groups in total. The molecule has 0 aromatic carbocycles. The van der Waals surface area contributed by atoms with Gasteiger partial charge in [-0.2, -0.15) is 13.2 Å². The lowest BCUT2D eigenvalue weighted by Crippen LogP contribution is -2.38. The number of thiophene rings is 1. The van der Waals surface area contributed by atoms with E-state index < -0.39 is 28.8 Å². The van der Waals surface area contributed by atoms with Crippen LogP contribution in [-0.2, 0) is 10.0 Å². The zero-order valence-corrected chi connectivity index (χ0v) is 11.5. The molecule has 0 amide bonds. The van der Waals surface area contributed by atoms with Gasteiger partial charge in [-0.3, -0.25) is 4.90 Å². The van der Waals surface area contributed by atoms with E-state index in [0.29, 0.717) is 6.42 Å². The standard InChI is InChI=1S/C10H13F3N2O2S2/c11-10(12,13)7-15-4-3-8(6-15)14-19(16,17)9-2-1-5-18-9/h1-2,5,8,14H,3-4,6-7H2/t8-/m1/s1. The molecule has 1 saturated heterocycles. The Morgan fingerprint density at radius 3 is 2.79 bits per heavy atom. The number of rotatable bonds is 4. The van der Waals surface area contributed by atoms with Crippen LogP contribution < -0.4 is 4.72 Å². The third-order valence-electron chi connectivity index (χ3n) is 2.76. The van der Waals surface area contributed by atoms with E-state index >= 15 is 0 Å². The summed E-state index contributed by atoms with van der Waals surface area (Å²) in [7, 11) is -3.61. The highest BCUT2D eigenvalue weighted by Crippen LogP contribution is 2.22. The smallest absolute Gasteiger partial charge is 0.293 e. The second-order valence-electron chi connectivity index (χ2n) is 4.39. The van der Waals surface area contributed by atoms with Crippen LogP contribution in [0, 0.1) is 0 Å². The number of likely N-dealkylation sites (tertiary alicyclic amines) is 1. The molecule has 0 bridgehead atoms. The van der Waals surface area contributed by atoms with Gasteiger partial charge in [-0.05, 0) is 17.9 Å². The zero-order chi connectivity index (χ0) is 14.1. The van der Waals surface area contributed by atoms with Crippen molar-refractivity contribution in [2.45, 2.75) is 22.8 Å². The highest BCUT2D eigenvalue weighted by atomic mass is 32.2. The summed E-state index contributed by atoms with van der Waals surface area (Å²) in [6.07, 6.45) is -3.86. The Morgan fingerprint density at radius 2 is 2.21 bits per heavy atom. The van der Waals surface area contributed by atoms with Crippen LogP contribution in [0.15, 0.2) is 21.7 Å². The molecule has 1 atom stereocenters. The maximum absolute atomic E-state index is 12.2. The molecule has 0 aliphatic carbocycles. The van der Waals surface area contributed by atoms with Crippen molar-refractivity contribution in [1.29, 1.82) is 0 Å². The minimum absolute atomic E-state index is 0.0874. The van der Waals surface area contributed by atoms with Crippen molar-refractivity contribution in [3.8, 4) is 0 Å². The Morgan fingerprint density at radius 1 is 1.47 bits per heavy atom. The lowest BCUT2D eigenvalue weighted by atomic mass is 10.3. The SMILES string of the molecule is O=S(=O)(N[C@@H]1CCN(CC(F)(F)F)C1)c1cccs1. The maximum Gasteiger partial charge on any atom is 0.401 e. The molecule has 1 aromatic heterocycles. The normalized spacial score (nSPS) is 21.9. The number of halogens is 3. The molecule has 1 fully saturated rings. The molecule has 0 radical (unpaired) electrons. The Kier molecular flexibility index (Phi) is 4.19. The fraction of sp³-hybridized carbons (Fsp3) is 0.600. The van der Waals surface area contributed by atoms with Gasteiger partial charge in [0.05, 0.1) is 6.54 Å². The largest absolute Gasteiger partial charge is 0.401 e. The van der Waals surface area contributed by atoms with Gasteiger partial charge in [0.15, 0.2) is 0 Å². The van der Waals surface area contributed by atoms with Crippen LogP contribution in [-0.4, -0.2) is 45.2 Å². The van der Waals surface area contributed by atoms with Crippen molar-refractivity contribution in [3.05, 3.63) is 17.5 Å². The van der Waals surface area contributed by atoms with Crippen LogP contribution in [0.5, 0.6) is 0 Å². The van der Waals surface area contributed by atoms with E-state index in [9.17, 15) is 21.6 Å². The average molecular weight is 314 g/mol. The van der Waals surface area contributed by atoms with Crippen molar-refractivity contribution in [3.63, 3.8) is 0 Å². The summed E-state index contributed by atoms with van der Waals surface area (Å²) in [5, 5.41) is 1.64. The van der Waals surface area contributed by atoms with E-state index in [4.69, 9.17) is 0 Å². The van der Waals surface area contributed by atoms with Crippen LogP contribution in [0.1, 0.15) is 6.42 Å². The molecule has 1 aliphatic heterocycles. The van der Waals surface area contributed by atoms with Crippen molar-refractivity contribution >= 4 is 21.4 Å². The molecule has 1 aromatic rings. The number of hydrogen-bond acceptors (Lipinski definition) is 4. The minimum Gasteiger partial charge on any atom is -0.293 e. The topological polar surface area (TPSA) is 49.4 Å². The Hall–Kier alpha value is -0.640. The molecule has 108 valence electrons. The summed E-state index contributed by atoms with van der Waals surface area (Å²) in [6.45, 7) is -0.661. The maximum atomic E-state index is 12.2. The number of sulfonamides is 1. The molecular weight excluding hydrogens is 301 g/mol. The summed E-state index contributed by atoms with van der Waals surface area (Å²) >= 11 is 1.08. The fourth-order valence-electron chi connectivity index (χ4n) is 2.02. The minimum atomic E-state index is -4.25. The molecule has 0 saturated carbocycles. The van der Waals surface area contributed by atoms with Gasteiger partial charge in [-0.1, -0.05) is 6.07 Å². The molecule has 4 nitrogen and oxygen atoms in total. The lowest BCUT2D eigenvalue weighted by molar-refractivity contribution is -0.143. The van der Waals surface area contributed by atoms with Crippen LogP contribution in [0.2, 0.25) is 0 Å². The lowest BCUT2D eigenvalue weighted by Gasteiger charge is -2.18. The predicted octanol–water partition coefficient (Wildman–Crippen LogP) is 1.66. The molecule has 19 heavy (non-hydrogen) atoms. The molecular formula is C10H13F3N2O2S2. The van der Waals surface area contributed by atoms with E-state index in [0.717, 1.165) is 11.3 Å². The zero-order valence-electron chi connectivity index (χ0n) is 9.85. The summed E-state index contributed by atoms with van der Waals surface area (Å²) in [4.78, 5) is 1.21. The summed E-state index contributed by atoms with van der Waals surface area (Å²) in [5.41, 5.74) is 0. The monoisotopic (exact) mass is 314 g/mol. The third-order valence-corrected chi connectivity index (χ3v) is 5.67. The number of hydrogen-bond donors (Lipinski definition) is 1. The Balaban J connectivity index is 1.92. The summed E-state index contributed by atoms with van der Waals surface area (Å²) in [5.74, 6) is 0. The van der Waals surface area contributed by atoms with Gasteiger partial charge < -0.3 is 0 Å². The fourth-order valence-corrected chi connectivity index (χ4v) is 4.29. The van der Waals surface area contributed by atoms with Gasteiger partial charge in [0.25, 0.3) is 0 Å². The summed E-state index contributed by atoms with van der Waals surface area (Å²) in [6, 6.07) is 2.62. The molecule has 0 unspecified atom stereocenters. The average Bonchev–Trinajstić information content (AvgIpc) is 2.86. The van der Waals surface area contributed by atoms with Gasteiger partial charge in [-0.25, -0.2) is 13.1 Å². The van der Waals surface area contributed by atoms with Crippen molar-refractivity contribution in [1.82, 2.24) is 9.62 Å². The number of alkyl halides is 3. The van der Waals surface area contributed by atoms with E-state index in [-0.39, 0.29) is 17.3 Å². The first-order valence-electron chi connectivity index (χ1n) is 5.61. The number of nitrogens with one attached hydrogen (secondary N) is 1.